The highest BCUT2D eigenvalue weighted by Crippen LogP contribution is 2.24. The number of pyridine rings is 1. The second kappa shape index (κ2) is 6.88. The first-order chi connectivity index (χ1) is 10.7. The van der Waals surface area contributed by atoms with Gasteiger partial charge < -0.3 is 9.64 Å². The lowest BCUT2D eigenvalue weighted by atomic mass is 10.1. The summed E-state index contributed by atoms with van der Waals surface area (Å²) in [5.74, 6) is -0.204. The summed E-state index contributed by atoms with van der Waals surface area (Å²) in [6.45, 7) is 4.65. The minimum Gasteiger partial charge on any atom is -0.373 e. The maximum absolute atomic E-state index is 12.9. The smallest absolute Gasteiger partial charge is 0.123 e. The summed E-state index contributed by atoms with van der Waals surface area (Å²) in [5, 5.41) is 0. The number of nitrogens with zero attached hydrogens (tertiary/aromatic N) is 2. The number of benzene rings is 1. The second-order valence-electron chi connectivity index (χ2n) is 5.79. The maximum atomic E-state index is 12.9. The van der Waals surface area contributed by atoms with Gasteiger partial charge in [0.05, 0.1) is 12.7 Å². The molecule has 1 aliphatic rings. The molecule has 2 aromatic rings. The Morgan fingerprint density at radius 3 is 2.59 bits per heavy atom. The first-order valence-corrected chi connectivity index (χ1v) is 7.74. The molecule has 0 saturated carbocycles. The van der Waals surface area contributed by atoms with E-state index in [4.69, 9.17) is 4.74 Å². The van der Waals surface area contributed by atoms with E-state index in [0.717, 1.165) is 31.5 Å². The highest BCUT2D eigenvalue weighted by atomic mass is 19.1. The Morgan fingerprint density at radius 2 is 1.91 bits per heavy atom. The quantitative estimate of drug-likeness (QED) is 0.860. The molecule has 1 saturated heterocycles. The molecule has 0 bridgehead atoms. The van der Waals surface area contributed by atoms with E-state index in [0.29, 0.717) is 6.61 Å². The summed E-state index contributed by atoms with van der Waals surface area (Å²) in [7, 11) is 0. The van der Waals surface area contributed by atoms with Gasteiger partial charge in [-0.2, -0.15) is 0 Å². The molecule has 0 atom stereocenters. The predicted octanol–water partition coefficient (Wildman–Crippen LogP) is 3.71. The van der Waals surface area contributed by atoms with Crippen molar-refractivity contribution in [1.82, 2.24) is 4.98 Å². The second-order valence-corrected chi connectivity index (χ2v) is 5.79. The Balaban J connectivity index is 1.50. The molecule has 3 nitrogen and oxygen atoms in total. The summed E-state index contributed by atoms with van der Waals surface area (Å²) >= 11 is 0. The molecule has 3 rings (SSSR count). The lowest BCUT2D eigenvalue weighted by molar-refractivity contribution is 0.0251. The molecule has 0 spiro atoms. The highest BCUT2D eigenvalue weighted by molar-refractivity contribution is 5.51. The normalized spacial score (nSPS) is 16.0. The molecule has 0 amide bonds. The van der Waals surface area contributed by atoms with Crippen molar-refractivity contribution in [2.75, 3.05) is 18.0 Å². The van der Waals surface area contributed by atoms with Crippen LogP contribution < -0.4 is 4.90 Å². The molecule has 0 radical (unpaired) electrons. The van der Waals surface area contributed by atoms with Crippen molar-refractivity contribution in [3.63, 3.8) is 0 Å². The van der Waals surface area contributed by atoms with E-state index >= 15 is 0 Å². The van der Waals surface area contributed by atoms with Crippen LogP contribution in [0.1, 0.15) is 24.0 Å². The molecular weight excluding hydrogens is 279 g/mol. The average molecular weight is 300 g/mol. The third kappa shape index (κ3) is 3.63. The predicted molar refractivity (Wildman–Crippen MR) is 85.4 cm³/mol. The molecule has 1 fully saturated rings. The van der Waals surface area contributed by atoms with E-state index in [1.165, 1.54) is 23.4 Å². The van der Waals surface area contributed by atoms with Gasteiger partial charge in [-0.1, -0.05) is 12.1 Å². The van der Waals surface area contributed by atoms with Crippen LogP contribution in [0.4, 0.5) is 10.1 Å². The molecule has 1 aromatic heterocycles. The van der Waals surface area contributed by atoms with Gasteiger partial charge in [-0.3, -0.25) is 4.98 Å². The van der Waals surface area contributed by atoms with Crippen molar-refractivity contribution < 1.29 is 9.13 Å². The summed E-state index contributed by atoms with van der Waals surface area (Å²) in [6.07, 6.45) is 6.07. The summed E-state index contributed by atoms with van der Waals surface area (Å²) in [5.41, 5.74) is 3.51. The third-order valence-corrected chi connectivity index (χ3v) is 4.17. The first-order valence-electron chi connectivity index (χ1n) is 7.74. The summed E-state index contributed by atoms with van der Waals surface area (Å²) in [6, 6.07) is 8.60. The number of ether oxygens (including phenoxy) is 1. The number of rotatable bonds is 4. The fourth-order valence-electron chi connectivity index (χ4n) is 2.88. The molecule has 0 N–H and O–H groups in total. The van der Waals surface area contributed by atoms with E-state index in [-0.39, 0.29) is 11.9 Å². The molecule has 22 heavy (non-hydrogen) atoms. The number of hydrogen-bond donors (Lipinski definition) is 0. The number of piperidine rings is 1. The van der Waals surface area contributed by atoms with Crippen LogP contribution in [-0.2, 0) is 11.3 Å². The van der Waals surface area contributed by atoms with E-state index in [1.54, 1.807) is 12.1 Å². The Bertz CT molecular complexity index is 607. The highest BCUT2D eigenvalue weighted by Gasteiger charge is 2.20. The largest absolute Gasteiger partial charge is 0.373 e. The molecular formula is C18H21FN2O. The van der Waals surface area contributed by atoms with Gasteiger partial charge in [0.25, 0.3) is 0 Å². The van der Waals surface area contributed by atoms with Crippen LogP contribution in [0.3, 0.4) is 0 Å². The number of hydrogen-bond acceptors (Lipinski definition) is 3. The zero-order chi connectivity index (χ0) is 15.4. The van der Waals surface area contributed by atoms with E-state index in [2.05, 4.69) is 22.9 Å². The van der Waals surface area contributed by atoms with Crippen molar-refractivity contribution in [3.05, 3.63) is 59.7 Å². The molecule has 0 aliphatic carbocycles. The van der Waals surface area contributed by atoms with Crippen LogP contribution in [0.2, 0.25) is 0 Å². The van der Waals surface area contributed by atoms with Gasteiger partial charge in [0, 0.05) is 31.2 Å². The van der Waals surface area contributed by atoms with Crippen molar-refractivity contribution in [2.45, 2.75) is 32.5 Å². The Labute approximate surface area is 130 Å². The SMILES string of the molecule is Cc1cnccc1N1CCC(OCc2ccc(F)cc2)CC1. The molecule has 2 heterocycles. The zero-order valence-corrected chi connectivity index (χ0v) is 12.8. The van der Waals surface area contributed by atoms with Gasteiger partial charge in [-0.15, -0.1) is 0 Å². The van der Waals surface area contributed by atoms with Crippen molar-refractivity contribution in [2.24, 2.45) is 0 Å². The maximum Gasteiger partial charge on any atom is 0.123 e. The summed E-state index contributed by atoms with van der Waals surface area (Å²) < 4.78 is 18.8. The van der Waals surface area contributed by atoms with Crippen molar-refractivity contribution in [3.8, 4) is 0 Å². The van der Waals surface area contributed by atoms with Gasteiger partial charge in [0.2, 0.25) is 0 Å². The fourth-order valence-corrected chi connectivity index (χ4v) is 2.88. The van der Waals surface area contributed by atoms with Gasteiger partial charge in [0.15, 0.2) is 0 Å². The lowest BCUT2D eigenvalue weighted by Crippen LogP contribution is -2.37. The van der Waals surface area contributed by atoms with Crippen molar-refractivity contribution >= 4 is 5.69 Å². The Kier molecular flexibility index (Phi) is 4.68. The molecule has 0 unspecified atom stereocenters. The monoisotopic (exact) mass is 300 g/mol. The standard InChI is InChI=1S/C18H21FN2O/c1-14-12-20-9-6-18(14)21-10-7-17(8-11-21)22-13-15-2-4-16(19)5-3-15/h2-6,9,12,17H,7-8,10-11,13H2,1H3. The molecule has 4 heteroatoms. The van der Waals surface area contributed by atoms with Crippen LogP contribution in [0.25, 0.3) is 0 Å². The Morgan fingerprint density at radius 1 is 1.18 bits per heavy atom. The van der Waals surface area contributed by atoms with E-state index in [1.807, 2.05) is 12.4 Å². The topological polar surface area (TPSA) is 25.4 Å². The van der Waals surface area contributed by atoms with Crippen LogP contribution in [-0.4, -0.2) is 24.2 Å². The molecule has 1 aromatic carbocycles. The van der Waals surface area contributed by atoms with Crippen LogP contribution >= 0.6 is 0 Å². The van der Waals surface area contributed by atoms with E-state index < -0.39 is 0 Å². The Hall–Kier alpha value is -1.94. The minimum atomic E-state index is -0.204. The van der Waals surface area contributed by atoms with Crippen LogP contribution in [0.5, 0.6) is 0 Å². The zero-order valence-electron chi connectivity index (χ0n) is 12.8. The average Bonchev–Trinajstić information content (AvgIpc) is 2.55. The minimum absolute atomic E-state index is 0.204. The number of anilines is 1. The lowest BCUT2D eigenvalue weighted by Gasteiger charge is -2.34. The fraction of sp³-hybridized carbons (Fsp3) is 0.389. The van der Waals surface area contributed by atoms with Crippen LogP contribution in [0, 0.1) is 12.7 Å². The van der Waals surface area contributed by atoms with Gasteiger partial charge in [-0.05, 0) is 49.1 Å². The first kappa shape index (κ1) is 15.0. The van der Waals surface area contributed by atoms with Gasteiger partial charge >= 0.3 is 0 Å². The number of aryl methyl sites for hydroxylation is 1. The van der Waals surface area contributed by atoms with E-state index in [9.17, 15) is 4.39 Å². The van der Waals surface area contributed by atoms with Gasteiger partial charge in [-0.25, -0.2) is 4.39 Å². The molecule has 1 aliphatic heterocycles. The number of aromatic nitrogens is 1. The number of halogens is 1. The third-order valence-electron chi connectivity index (χ3n) is 4.17. The molecule has 116 valence electrons. The van der Waals surface area contributed by atoms with Crippen LogP contribution in [0.15, 0.2) is 42.7 Å². The van der Waals surface area contributed by atoms with Gasteiger partial charge in [0.1, 0.15) is 5.82 Å². The summed E-state index contributed by atoms with van der Waals surface area (Å²) in [4.78, 5) is 6.54. The van der Waals surface area contributed by atoms with Crippen molar-refractivity contribution in [1.29, 1.82) is 0 Å².